The quantitative estimate of drug-likeness (QED) is 0.811. The number of rotatable bonds is 3. The van der Waals surface area contributed by atoms with Gasteiger partial charge in [0.2, 0.25) is 5.91 Å². The van der Waals surface area contributed by atoms with Gasteiger partial charge >= 0.3 is 6.03 Å². The summed E-state index contributed by atoms with van der Waals surface area (Å²) in [6.45, 7) is 1.88. The molecule has 1 aliphatic rings. The van der Waals surface area contributed by atoms with Crippen LogP contribution in [-0.4, -0.2) is 11.9 Å². The third-order valence-electron chi connectivity index (χ3n) is 3.87. The number of nitrogens with one attached hydrogen (secondary N) is 3. The molecule has 0 aliphatic carbocycles. The fraction of sp³-hybridized carbons (Fsp3) is 0.167. The first kappa shape index (κ1) is 15.6. The molecule has 3 rings (SSSR count). The fourth-order valence-electron chi connectivity index (χ4n) is 2.59. The first-order chi connectivity index (χ1) is 11.5. The van der Waals surface area contributed by atoms with Gasteiger partial charge in [-0.2, -0.15) is 5.26 Å². The van der Waals surface area contributed by atoms with E-state index in [-0.39, 0.29) is 18.0 Å². The molecule has 2 aromatic carbocycles. The molecule has 3 amide bonds. The van der Waals surface area contributed by atoms with Gasteiger partial charge in [-0.1, -0.05) is 12.1 Å². The summed E-state index contributed by atoms with van der Waals surface area (Å²) in [4.78, 5) is 23.5. The molecule has 0 aromatic heterocycles. The lowest BCUT2D eigenvalue weighted by atomic mass is 10.0. The molecule has 1 heterocycles. The lowest BCUT2D eigenvalue weighted by Crippen LogP contribution is -2.31. The molecule has 3 N–H and O–H groups in total. The number of nitrogens with zero attached hydrogens (tertiary/aromatic N) is 1. The summed E-state index contributed by atoms with van der Waals surface area (Å²) in [5.41, 5.74) is 3.86. The lowest BCUT2D eigenvalue weighted by molar-refractivity contribution is -0.115. The van der Waals surface area contributed by atoms with Crippen LogP contribution in [-0.2, 0) is 11.2 Å². The van der Waals surface area contributed by atoms with Crippen molar-refractivity contribution < 1.29 is 9.59 Å². The Balaban J connectivity index is 1.63. The first-order valence-electron chi connectivity index (χ1n) is 7.55. The summed E-state index contributed by atoms with van der Waals surface area (Å²) in [6.07, 6.45) is 0.368. The number of nitriles is 1. The van der Waals surface area contributed by atoms with E-state index in [4.69, 9.17) is 5.26 Å². The second-order valence-corrected chi connectivity index (χ2v) is 5.65. The fourth-order valence-corrected chi connectivity index (χ4v) is 2.59. The maximum absolute atomic E-state index is 12.1. The van der Waals surface area contributed by atoms with Gasteiger partial charge in [0.1, 0.15) is 0 Å². The summed E-state index contributed by atoms with van der Waals surface area (Å²) >= 11 is 0. The second-order valence-electron chi connectivity index (χ2n) is 5.65. The molecule has 1 atom stereocenters. The zero-order chi connectivity index (χ0) is 17.1. The van der Waals surface area contributed by atoms with Crippen LogP contribution in [0.2, 0.25) is 0 Å². The molecule has 2 aromatic rings. The molecule has 6 nitrogen and oxygen atoms in total. The zero-order valence-electron chi connectivity index (χ0n) is 13.1. The van der Waals surface area contributed by atoms with Crippen molar-refractivity contribution in [1.29, 1.82) is 5.26 Å². The Bertz CT molecular complexity index is 837. The molecule has 0 unspecified atom stereocenters. The zero-order valence-corrected chi connectivity index (χ0v) is 13.1. The van der Waals surface area contributed by atoms with E-state index in [0.717, 1.165) is 16.8 Å². The number of amides is 3. The van der Waals surface area contributed by atoms with Gasteiger partial charge < -0.3 is 16.0 Å². The van der Waals surface area contributed by atoms with Crippen LogP contribution in [0.15, 0.2) is 42.5 Å². The van der Waals surface area contributed by atoms with E-state index >= 15 is 0 Å². The highest BCUT2D eigenvalue weighted by atomic mass is 16.2. The summed E-state index contributed by atoms with van der Waals surface area (Å²) in [5, 5.41) is 17.1. The van der Waals surface area contributed by atoms with Crippen molar-refractivity contribution in [2.24, 2.45) is 0 Å². The Morgan fingerprint density at radius 1 is 1.25 bits per heavy atom. The maximum atomic E-state index is 12.1. The van der Waals surface area contributed by atoms with E-state index in [1.54, 1.807) is 24.3 Å². The van der Waals surface area contributed by atoms with Crippen molar-refractivity contribution in [3.8, 4) is 6.07 Å². The minimum atomic E-state index is -0.332. The van der Waals surface area contributed by atoms with Gasteiger partial charge in [-0.15, -0.1) is 0 Å². The molecule has 1 aliphatic heterocycles. The predicted octanol–water partition coefficient (Wildman–Crippen LogP) is 2.94. The first-order valence-corrected chi connectivity index (χ1v) is 7.55. The highest BCUT2D eigenvalue weighted by molar-refractivity contribution is 5.99. The van der Waals surface area contributed by atoms with Gasteiger partial charge in [-0.3, -0.25) is 4.79 Å². The Kier molecular flexibility index (Phi) is 4.17. The van der Waals surface area contributed by atoms with Gasteiger partial charge in [0.25, 0.3) is 0 Å². The summed E-state index contributed by atoms with van der Waals surface area (Å²) in [6, 6.07) is 13.8. The molecule has 0 saturated carbocycles. The van der Waals surface area contributed by atoms with Crippen LogP contribution in [0.1, 0.15) is 29.7 Å². The predicted molar refractivity (Wildman–Crippen MR) is 90.5 cm³/mol. The average Bonchev–Trinajstić information content (AvgIpc) is 2.94. The van der Waals surface area contributed by atoms with Crippen LogP contribution in [0.5, 0.6) is 0 Å². The van der Waals surface area contributed by atoms with Crippen LogP contribution < -0.4 is 16.0 Å². The summed E-state index contributed by atoms with van der Waals surface area (Å²) in [7, 11) is 0. The van der Waals surface area contributed by atoms with E-state index in [1.807, 2.05) is 31.2 Å². The van der Waals surface area contributed by atoms with Crippen molar-refractivity contribution in [2.75, 3.05) is 10.6 Å². The average molecular weight is 320 g/mol. The van der Waals surface area contributed by atoms with Crippen molar-refractivity contribution in [3.63, 3.8) is 0 Å². The minimum absolute atomic E-state index is 0.0127. The molecule has 0 saturated heterocycles. The van der Waals surface area contributed by atoms with Crippen LogP contribution in [0.25, 0.3) is 0 Å². The molecular formula is C18H16N4O2. The lowest BCUT2D eigenvalue weighted by Gasteiger charge is -2.16. The maximum Gasteiger partial charge on any atom is 0.319 e. The third kappa shape index (κ3) is 3.36. The van der Waals surface area contributed by atoms with Crippen LogP contribution in [0.4, 0.5) is 16.2 Å². The number of carbonyl (C=O) groups is 2. The van der Waals surface area contributed by atoms with Gasteiger partial charge in [0, 0.05) is 11.4 Å². The Morgan fingerprint density at radius 3 is 2.71 bits per heavy atom. The molecule has 0 fully saturated rings. The molecule has 0 bridgehead atoms. The Labute approximate surface area is 139 Å². The second kappa shape index (κ2) is 6.42. The number of benzene rings is 2. The minimum Gasteiger partial charge on any atom is -0.331 e. The van der Waals surface area contributed by atoms with Crippen LogP contribution >= 0.6 is 0 Å². The van der Waals surface area contributed by atoms with Crippen molar-refractivity contribution >= 4 is 23.3 Å². The van der Waals surface area contributed by atoms with Crippen LogP contribution in [0.3, 0.4) is 0 Å². The Morgan fingerprint density at radius 2 is 2.00 bits per heavy atom. The standard InChI is InChI=1S/C18H16N4O2/c1-11(13-4-7-16-14(8-13)9-17(23)22-16)20-18(24)21-15-5-2-12(10-19)3-6-15/h2-8,11H,9H2,1H3,(H,22,23)(H2,20,21,24)/t11-/m0/s1. The normalized spacial score (nSPS) is 13.4. The van der Waals surface area contributed by atoms with Crippen molar-refractivity contribution in [3.05, 3.63) is 59.2 Å². The van der Waals surface area contributed by atoms with Crippen molar-refractivity contribution in [2.45, 2.75) is 19.4 Å². The number of fused-ring (bicyclic) bond motifs is 1. The van der Waals surface area contributed by atoms with E-state index in [2.05, 4.69) is 16.0 Å². The molecule has 6 heteroatoms. The number of hydrogen-bond donors (Lipinski definition) is 3. The van der Waals surface area contributed by atoms with E-state index in [9.17, 15) is 9.59 Å². The molecule has 120 valence electrons. The third-order valence-corrected chi connectivity index (χ3v) is 3.87. The Hall–Kier alpha value is -3.33. The number of hydrogen-bond acceptors (Lipinski definition) is 3. The molecule has 24 heavy (non-hydrogen) atoms. The van der Waals surface area contributed by atoms with Gasteiger partial charge in [0.05, 0.1) is 24.1 Å². The topological polar surface area (TPSA) is 94.0 Å². The SMILES string of the molecule is C[C@H](NC(=O)Nc1ccc(C#N)cc1)c1ccc2c(c1)CC(=O)N2. The summed E-state index contributed by atoms with van der Waals surface area (Å²) < 4.78 is 0. The van der Waals surface area contributed by atoms with Crippen LogP contribution in [0, 0.1) is 11.3 Å². The van der Waals surface area contributed by atoms with E-state index in [1.165, 1.54) is 0 Å². The van der Waals surface area contributed by atoms with Gasteiger partial charge in [0.15, 0.2) is 0 Å². The number of urea groups is 1. The van der Waals surface area contributed by atoms with Crippen molar-refractivity contribution in [1.82, 2.24) is 5.32 Å². The van der Waals surface area contributed by atoms with Gasteiger partial charge in [-0.05, 0) is 48.4 Å². The summed E-state index contributed by atoms with van der Waals surface area (Å²) in [5.74, 6) is -0.0127. The van der Waals surface area contributed by atoms with Gasteiger partial charge in [-0.25, -0.2) is 4.79 Å². The highest BCUT2D eigenvalue weighted by Gasteiger charge is 2.19. The molecular weight excluding hydrogens is 304 g/mol. The number of anilines is 2. The molecule has 0 radical (unpaired) electrons. The van der Waals surface area contributed by atoms with E-state index in [0.29, 0.717) is 17.7 Å². The number of carbonyl (C=O) groups excluding carboxylic acids is 2. The largest absolute Gasteiger partial charge is 0.331 e. The highest BCUT2D eigenvalue weighted by Crippen LogP contribution is 2.26. The molecule has 0 spiro atoms. The smallest absolute Gasteiger partial charge is 0.319 e. The monoisotopic (exact) mass is 320 g/mol. The van der Waals surface area contributed by atoms with E-state index < -0.39 is 0 Å².